The highest BCUT2D eigenvalue weighted by Crippen LogP contribution is 2.27. The number of H-pyrrole nitrogens is 1. The number of amides is 1. The van der Waals surface area contributed by atoms with Crippen molar-refractivity contribution in [3.8, 4) is 11.3 Å². The second-order valence-corrected chi connectivity index (χ2v) is 8.98. The van der Waals surface area contributed by atoms with Crippen molar-refractivity contribution >= 4 is 33.3 Å². The summed E-state index contributed by atoms with van der Waals surface area (Å²) in [4.78, 5) is 25.2. The molecule has 3 aromatic carbocycles. The maximum absolute atomic E-state index is 13.1. The van der Waals surface area contributed by atoms with Crippen molar-refractivity contribution in [1.29, 1.82) is 0 Å². The quantitative estimate of drug-likeness (QED) is 0.364. The van der Waals surface area contributed by atoms with Crippen LogP contribution in [0.25, 0.3) is 32.9 Å². The number of aliphatic hydroxyl groups is 1. The average molecular weight is 453 g/mol. The molecule has 0 atom stereocenters. The van der Waals surface area contributed by atoms with E-state index in [9.17, 15) is 14.7 Å². The van der Waals surface area contributed by atoms with Crippen molar-refractivity contribution in [2.24, 2.45) is 0 Å². The van der Waals surface area contributed by atoms with Crippen LogP contribution in [0.2, 0.25) is 0 Å². The van der Waals surface area contributed by atoms with E-state index in [0.717, 1.165) is 21.9 Å². The number of carbonyl (C=O) groups excluding carboxylic acids is 1. The standard InChI is InChI=1S/C27H24N4O3/c1-27(2,34)16-31-15-22(19-7-5-6-10-23(19)31)25(32)28-18-13-11-17(12-14-18)24-20-8-3-4-9-21(20)26(33)30-29-24/h3-15,34H,16H2,1-2H3,(H,28,32)(H,30,33). The molecule has 170 valence electrons. The van der Waals surface area contributed by atoms with Crippen molar-refractivity contribution < 1.29 is 9.90 Å². The fourth-order valence-electron chi connectivity index (χ4n) is 4.22. The Balaban J connectivity index is 1.44. The topological polar surface area (TPSA) is 100 Å². The number of para-hydroxylation sites is 1. The maximum atomic E-state index is 13.1. The summed E-state index contributed by atoms with van der Waals surface area (Å²) in [5, 5.41) is 22.2. The molecule has 7 nitrogen and oxygen atoms in total. The number of benzene rings is 3. The molecule has 2 aromatic heterocycles. The lowest BCUT2D eigenvalue weighted by Crippen LogP contribution is -2.25. The van der Waals surface area contributed by atoms with Crippen molar-refractivity contribution in [2.75, 3.05) is 5.32 Å². The number of carbonyl (C=O) groups is 1. The summed E-state index contributed by atoms with van der Waals surface area (Å²) >= 11 is 0. The van der Waals surface area contributed by atoms with Crippen LogP contribution in [0.3, 0.4) is 0 Å². The largest absolute Gasteiger partial charge is 0.389 e. The van der Waals surface area contributed by atoms with Gasteiger partial charge < -0.3 is 15.0 Å². The third kappa shape index (κ3) is 4.09. The summed E-state index contributed by atoms with van der Waals surface area (Å²) in [5.74, 6) is -0.230. The van der Waals surface area contributed by atoms with E-state index in [4.69, 9.17) is 0 Å². The first-order chi connectivity index (χ1) is 16.3. The molecule has 0 fully saturated rings. The van der Waals surface area contributed by atoms with Gasteiger partial charge in [0.25, 0.3) is 11.5 Å². The van der Waals surface area contributed by atoms with Crippen molar-refractivity contribution in [1.82, 2.24) is 14.8 Å². The second kappa shape index (κ2) is 8.28. The molecule has 0 saturated carbocycles. The first-order valence-electron chi connectivity index (χ1n) is 11.0. The molecule has 0 saturated heterocycles. The van der Waals surface area contributed by atoms with Gasteiger partial charge in [-0.2, -0.15) is 5.10 Å². The lowest BCUT2D eigenvalue weighted by Gasteiger charge is -2.18. The van der Waals surface area contributed by atoms with Crippen LogP contribution >= 0.6 is 0 Å². The minimum absolute atomic E-state index is 0.230. The Morgan fingerprint density at radius 1 is 0.971 bits per heavy atom. The highest BCUT2D eigenvalue weighted by atomic mass is 16.3. The third-order valence-electron chi connectivity index (χ3n) is 5.70. The van der Waals surface area contributed by atoms with Gasteiger partial charge in [-0.1, -0.05) is 48.5 Å². The van der Waals surface area contributed by atoms with Crippen LogP contribution in [-0.4, -0.2) is 31.4 Å². The van der Waals surface area contributed by atoms with Gasteiger partial charge in [-0.25, -0.2) is 5.10 Å². The zero-order valence-corrected chi connectivity index (χ0v) is 18.9. The van der Waals surface area contributed by atoms with E-state index in [1.807, 2.05) is 71.3 Å². The van der Waals surface area contributed by atoms with Gasteiger partial charge in [0.1, 0.15) is 0 Å². The molecule has 0 unspecified atom stereocenters. The number of nitrogens with zero attached hydrogens (tertiary/aromatic N) is 2. The molecule has 34 heavy (non-hydrogen) atoms. The molecule has 0 radical (unpaired) electrons. The van der Waals surface area contributed by atoms with Gasteiger partial charge in [0.05, 0.1) is 28.8 Å². The highest BCUT2D eigenvalue weighted by molar-refractivity contribution is 6.13. The van der Waals surface area contributed by atoms with Gasteiger partial charge >= 0.3 is 0 Å². The highest BCUT2D eigenvalue weighted by Gasteiger charge is 2.20. The Morgan fingerprint density at radius 3 is 2.32 bits per heavy atom. The van der Waals surface area contributed by atoms with Gasteiger partial charge in [-0.3, -0.25) is 9.59 Å². The monoisotopic (exact) mass is 452 g/mol. The molecule has 0 aliphatic rings. The summed E-state index contributed by atoms with van der Waals surface area (Å²) in [6.45, 7) is 3.85. The minimum Gasteiger partial charge on any atom is -0.389 e. The molecular formula is C27H24N4O3. The first-order valence-corrected chi connectivity index (χ1v) is 11.0. The third-order valence-corrected chi connectivity index (χ3v) is 5.70. The van der Waals surface area contributed by atoms with Gasteiger partial charge in [0.2, 0.25) is 0 Å². The van der Waals surface area contributed by atoms with Gasteiger partial charge in [-0.05, 0) is 38.1 Å². The number of aromatic amines is 1. The Bertz CT molecular complexity index is 1570. The van der Waals surface area contributed by atoms with Crippen molar-refractivity contribution in [2.45, 2.75) is 26.0 Å². The smallest absolute Gasteiger partial charge is 0.272 e. The molecular weight excluding hydrogens is 428 g/mol. The number of hydrogen-bond acceptors (Lipinski definition) is 4. The van der Waals surface area contributed by atoms with E-state index >= 15 is 0 Å². The van der Waals surface area contributed by atoms with Crippen LogP contribution in [0.15, 0.2) is 83.8 Å². The van der Waals surface area contributed by atoms with Crippen LogP contribution in [0, 0.1) is 0 Å². The van der Waals surface area contributed by atoms with E-state index in [1.54, 1.807) is 26.1 Å². The van der Waals surface area contributed by atoms with Crippen LogP contribution in [-0.2, 0) is 6.54 Å². The van der Waals surface area contributed by atoms with Gasteiger partial charge in [-0.15, -0.1) is 0 Å². The minimum atomic E-state index is -0.911. The Kier molecular flexibility index (Phi) is 5.26. The molecule has 0 aliphatic carbocycles. The van der Waals surface area contributed by atoms with E-state index in [-0.39, 0.29) is 11.5 Å². The Labute approximate surface area is 195 Å². The molecule has 0 aliphatic heterocycles. The molecule has 0 bridgehead atoms. The molecule has 0 spiro atoms. The number of fused-ring (bicyclic) bond motifs is 2. The predicted octanol–water partition coefficient (Wildman–Crippen LogP) is 4.57. The number of anilines is 1. The first kappa shape index (κ1) is 21.6. The summed E-state index contributed by atoms with van der Waals surface area (Å²) < 4.78 is 1.90. The summed E-state index contributed by atoms with van der Waals surface area (Å²) in [6, 6.07) is 22.3. The molecule has 5 aromatic rings. The van der Waals surface area contributed by atoms with E-state index in [2.05, 4.69) is 15.5 Å². The van der Waals surface area contributed by atoms with Gasteiger partial charge in [0.15, 0.2) is 0 Å². The van der Waals surface area contributed by atoms with E-state index < -0.39 is 5.60 Å². The SMILES string of the molecule is CC(C)(O)Cn1cc(C(=O)Nc2ccc(-c3n[nH]c(=O)c4ccccc34)cc2)c2ccccc21. The average Bonchev–Trinajstić information content (AvgIpc) is 3.17. The maximum Gasteiger partial charge on any atom is 0.272 e. The van der Waals surface area contributed by atoms with E-state index in [0.29, 0.717) is 28.9 Å². The van der Waals surface area contributed by atoms with Crippen LogP contribution in [0.1, 0.15) is 24.2 Å². The number of rotatable bonds is 5. The number of aromatic nitrogens is 3. The number of nitrogens with one attached hydrogen (secondary N) is 2. The predicted molar refractivity (Wildman–Crippen MR) is 134 cm³/mol. The summed E-state index contributed by atoms with van der Waals surface area (Å²) in [5.41, 5.74) is 2.42. The summed E-state index contributed by atoms with van der Waals surface area (Å²) in [6.07, 6.45) is 1.78. The molecule has 1 amide bonds. The Morgan fingerprint density at radius 2 is 1.62 bits per heavy atom. The van der Waals surface area contributed by atoms with Crippen molar-refractivity contribution in [3.05, 3.63) is 94.9 Å². The van der Waals surface area contributed by atoms with Crippen LogP contribution < -0.4 is 10.9 Å². The van der Waals surface area contributed by atoms with E-state index in [1.165, 1.54) is 0 Å². The van der Waals surface area contributed by atoms with Gasteiger partial charge in [0, 0.05) is 33.7 Å². The molecule has 3 N–H and O–H groups in total. The molecule has 5 rings (SSSR count). The zero-order valence-electron chi connectivity index (χ0n) is 18.9. The molecule has 2 heterocycles. The zero-order chi connectivity index (χ0) is 23.9. The van der Waals surface area contributed by atoms with Crippen molar-refractivity contribution in [3.63, 3.8) is 0 Å². The summed E-state index contributed by atoms with van der Waals surface area (Å²) in [7, 11) is 0. The fourth-order valence-corrected chi connectivity index (χ4v) is 4.22. The fraction of sp³-hybridized carbons (Fsp3) is 0.148. The number of hydrogen-bond donors (Lipinski definition) is 3. The Hall–Kier alpha value is -4.23. The lowest BCUT2D eigenvalue weighted by atomic mass is 10.0. The lowest BCUT2D eigenvalue weighted by molar-refractivity contribution is 0.0627. The van der Waals surface area contributed by atoms with Crippen LogP contribution in [0.4, 0.5) is 5.69 Å². The second-order valence-electron chi connectivity index (χ2n) is 8.98. The van der Waals surface area contributed by atoms with Crippen LogP contribution in [0.5, 0.6) is 0 Å². The molecule has 7 heteroatoms. The normalized spacial score (nSPS) is 11.7.